The van der Waals surface area contributed by atoms with Crippen molar-refractivity contribution in [2.75, 3.05) is 0 Å². The molecule has 0 aliphatic rings. The molecule has 0 unspecified atom stereocenters. The van der Waals surface area contributed by atoms with Gasteiger partial charge in [0.25, 0.3) is 0 Å². The molecule has 12 heteroatoms. The second-order valence-corrected chi connectivity index (χ2v) is 18.8. The van der Waals surface area contributed by atoms with Crippen LogP contribution in [0.3, 0.4) is 0 Å². The molecule has 0 bridgehead atoms. The molecule has 374 valence electrons. The molecule has 12 aromatic rings. The molecule has 0 atom stereocenters. The van der Waals surface area contributed by atoms with Crippen LogP contribution in [0.1, 0.15) is 55.6 Å². The van der Waals surface area contributed by atoms with Crippen LogP contribution in [0.15, 0.2) is 206 Å². The second-order valence-electron chi connectivity index (χ2n) is 18.8. The van der Waals surface area contributed by atoms with Crippen molar-refractivity contribution in [2.45, 2.75) is 24.7 Å². The average molecular weight is 1030 g/mol. The molecule has 0 aliphatic carbocycles. The number of halogens is 12. The summed E-state index contributed by atoms with van der Waals surface area (Å²) in [7, 11) is 0. The van der Waals surface area contributed by atoms with E-state index in [2.05, 4.69) is 0 Å². The number of benzene rings is 12. The Bertz CT molecular complexity index is 3860. The first kappa shape index (κ1) is 48.3. The topological polar surface area (TPSA) is 0 Å². The highest BCUT2D eigenvalue weighted by molar-refractivity contribution is 6.29. The summed E-state index contributed by atoms with van der Waals surface area (Å²) in [6.45, 7) is 0. The van der Waals surface area contributed by atoms with Gasteiger partial charge in [0.2, 0.25) is 0 Å². The van der Waals surface area contributed by atoms with Crippen molar-refractivity contribution in [3.05, 3.63) is 262 Å². The van der Waals surface area contributed by atoms with E-state index in [1.165, 1.54) is 48.5 Å². The lowest BCUT2D eigenvalue weighted by Crippen LogP contribution is -2.08. The van der Waals surface area contributed by atoms with E-state index < -0.39 is 47.0 Å². The fourth-order valence-electron chi connectivity index (χ4n) is 10.8. The predicted molar refractivity (Wildman–Crippen MR) is 278 cm³/mol. The van der Waals surface area contributed by atoms with Crippen molar-refractivity contribution < 1.29 is 52.7 Å². The first-order chi connectivity index (χ1) is 36.2. The molecule has 0 N–H and O–H groups in total. The zero-order valence-electron chi connectivity index (χ0n) is 39.2. The number of hydrogen-bond donors (Lipinski definition) is 0. The molecule has 0 aromatic heterocycles. The van der Waals surface area contributed by atoms with Gasteiger partial charge in [-0.05, 0) is 193 Å². The molecular formula is C64H34F12. The molecule has 12 aromatic carbocycles. The fraction of sp³-hybridized carbons (Fsp3) is 0.0625. The summed E-state index contributed by atoms with van der Waals surface area (Å²) < 4.78 is 174. The highest BCUT2D eigenvalue weighted by Gasteiger charge is 2.35. The van der Waals surface area contributed by atoms with Crippen LogP contribution in [-0.2, 0) is 24.7 Å². The van der Waals surface area contributed by atoms with Crippen LogP contribution in [0.25, 0.3) is 86.9 Å². The molecule has 0 spiro atoms. The lowest BCUT2D eigenvalue weighted by molar-refractivity contribution is -0.138. The molecule has 0 saturated heterocycles. The second kappa shape index (κ2) is 17.5. The maximum Gasteiger partial charge on any atom is 0.416 e. The Kier molecular flexibility index (Phi) is 11.1. The normalized spacial score (nSPS) is 13.7. The van der Waals surface area contributed by atoms with Gasteiger partial charge in [-0.15, -0.1) is 0 Å². The largest absolute Gasteiger partial charge is 0.416 e. The van der Waals surface area contributed by atoms with Crippen molar-refractivity contribution >= 4 is 86.9 Å². The van der Waals surface area contributed by atoms with Crippen molar-refractivity contribution in [1.29, 1.82) is 0 Å². The first-order valence-corrected chi connectivity index (χ1v) is 23.7. The van der Waals surface area contributed by atoms with Gasteiger partial charge >= 0.3 is 24.7 Å². The standard InChI is InChI=1S/C64H34F12/c65-61(66,67)49-23-15-39(16-24-49)55(47-31-43-11-7-35-3-1-4-36-8-12-44(32-47)57(43)53(35)36)59(41-19-27-51(28-20-41)63(71,72)73)60(42-21-29-52(30-22-42)64(74,75)76)56(40-17-25-50(26-18-40)62(68,69)70)48-33-45-13-9-37-5-2-6-38-10-14-46(34-48)58(45)54(37)38/h1-34H/b59-55-,60-56-. The average Bonchev–Trinajstić information content (AvgIpc) is 3.43. The number of alkyl halides is 12. The van der Waals surface area contributed by atoms with E-state index >= 15 is 0 Å². The lowest BCUT2D eigenvalue weighted by Gasteiger charge is -2.26. The Morgan fingerprint density at radius 2 is 0.421 bits per heavy atom. The molecule has 0 heterocycles. The summed E-state index contributed by atoms with van der Waals surface area (Å²) in [6, 6.07) is 50.4. The Balaban J connectivity index is 1.30. The minimum atomic E-state index is -4.84. The van der Waals surface area contributed by atoms with Gasteiger partial charge in [-0.3, -0.25) is 0 Å². The molecule has 0 amide bonds. The van der Waals surface area contributed by atoms with E-state index in [0.717, 1.165) is 91.6 Å². The molecule has 0 radical (unpaired) electrons. The van der Waals surface area contributed by atoms with Crippen molar-refractivity contribution in [1.82, 2.24) is 0 Å². The van der Waals surface area contributed by atoms with E-state index in [1.54, 1.807) is 24.3 Å². The summed E-state index contributed by atoms with van der Waals surface area (Å²) in [5.41, 5.74) is -2.69. The predicted octanol–water partition coefficient (Wildman–Crippen LogP) is 20.2. The van der Waals surface area contributed by atoms with Crippen molar-refractivity contribution in [3.8, 4) is 0 Å². The summed E-state index contributed by atoms with van der Waals surface area (Å²) in [6.07, 6.45) is -19.3. The monoisotopic (exact) mass is 1030 g/mol. The van der Waals surface area contributed by atoms with Crippen LogP contribution < -0.4 is 0 Å². The minimum absolute atomic E-state index is 0.0426. The Morgan fingerprint density at radius 3 is 0.658 bits per heavy atom. The van der Waals surface area contributed by atoms with E-state index in [0.29, 0.717) is 32.7 Å². The van der Waals surface area contributed by atoms with Crippen molar-refractivity contribution in [2.24, 2.45) is 0 Å². The summed E-state index contributed by atoms with van der Waals surface area (Å²) in [5.74, 6) is 0. The zero-order chi connectivity index (χ0) is 53.1. The summed E-state index contributed by atoms with van der Waals surface area (Å²) >= 11 is 0. The number of rotatable bonds is 7. The van der Waals surface area contributed by atoms with Gasteiger partial charge in [-0.1, -0.05) is 133 Å². The third kappa shape index (κ3) is 8.42. The summed E-state index contributed by atoms with van der Waals surface area (Å²) in [5, 5.41) is 9.98. The van der Waals surface area contributed by atoms with Crippen LogP contribution in [0.4, 0.5) is 52.7 Å². The maximum absolute atomic E-state index is 14.5. The molecule has 0 nitrogen and oxygen atoms in total. The molecule has 76 heavy (non-hydrogen) atoms. The molecular weight excluding hydrogens is 997 g/mol. The lowest BCUT2D eigenvalue weighted by atomic mass is 9.77. The Hall–Kier alpha value is -8.64. The molecule has 12 rings (SSSR count). The van der Waals surface area contributed by atoms with Gasteiger partial charge in [0, 0.05) is 0 Å². The minimum Gasteiger partial charge on any atom is -0.166 e. The zero-order valence-corrected chi connectivity index (χ0v) is 39.2. The Morgan fingerprint density at radius 1 is 0.211 bits per heavy atom. The maximum atomic E-state index is 14.5. The van der Waals surface area contributed by atoms with Gasteiger partial charge in [0.15, 0.2) is 0 Å². The van der Waals surface area contributed by atoms with Crippen LogP contribution in [-0.4, -0.2) is 0 Å². The quantitative estimate of drug-likeness (QED) is 0.0646. The molecule has 0 aliphatic heterocycles. The van der Waals surface area contributed by atoms with Gasteiger partial charge in [-0.2, -0.15) is 52.7 Å². The third-order valence-corrected chi connectivity index (χ3v) is 14.3. The number of allylic oxidation sites excluding steroid dienone is 2. The van der Waals surface area contributed by atoms with Gasteiger partial charge in [0.05, 0.1) is 22.3 Å². The van der Waals surface area contributed by atoms with Crippen LogP contribution in [0.2, 0.25) is 0 Å². The van der Waals surface area contributed by atoms with E-state index in [-0.39, 0.29) is 44.5 Å². The fourth-order valence-corrected chi connectivity index (χ4v) is 10.8. The first-order valence-electron chi connectivity index (χ1n) is 23.7. The number of hydrogen-bond acceptors (Lipinski definition) is 0. The van der Waals surface area contributed by atoms with E-state index in [1.807, 2.05) is 84.9 Å². The smallest absolute Gasteiger partial charge is 0.166 e. The Labute approximate surface area is 424 Å². The van der Waals surface area contributed by atoms with Crippen LogP contribution in [0, 0.1) is 0 Å². The summed E-state index contributed by atoms with van der Waals surface area (Å²) in [4.78, 5) is 0. The van der Waals surface area contributed by atoms with Crippen LogP contribution in [0.5, 0.6) is 0 Å². The van der Waals surface area contributed by atoms with E-state index in [9.17, 15) is 52.7 Å². The van der Waals surface area contributed by atoms with Gasteiger partial charge in [-0.25, -0.2) is 0 Å². The van der Waals surface area contributed by atoms with Crippen LogP contribution >= 0.6 is 0 Å². The van der Waals surface area contributed by atoms with E-state index in [4.69, 9.17) is 0 Å². The highest BCUT2D eigenvalue weighted by Crippen LogP contribution is 2.50. The SMILES string of the molecule is FC(F)(F)c1ccc(C(/C(=C(/c2ccc(C(F)(F)F)cc2)c2cc3ccc4cccc5ccc(c2)c3c45)c2ccc(C(F)(F)F)cc2)=C(\c2ccc(C(F)(F)F)cc2)c2cc3ccc4cccc5ccc(c2)c3c45)cc1. The molecule has 0 saturated carbocycles. The van der Waals surface area contributed by atoms with Gasteiger partial charge in [0.1, 0.15) is 0 Å². The highest BCUT2D eigenvalue weighted by atomic mass is 19.4. The molecule has 0 fully saturated rings. The third-order valence-electron chi connectivity index (χ3n) is 14.3. The van der Waals surface area contributed by atoms with Crippen molar-refractivity contribution in [3.63, 3.8) is 0 Å². The van der Waals surface area contributed by atoms with Gasteiger partial charge < -0.3 is 0 Å².